The first-order valence-corrected chi connectivity index (χ1v) is 8.42. The Bertz CT molecular complexity index is 559. The SMILES string of the molecule is NCCNC(=O)[C@H]1CC[C@H](NC(=O)c2cc(C3CC3)on2)CC1. The lowest BCUT2D eigenvalue weighted by molar-refractivity contribution is -0.125. The lowest BCUT2D eigenvalue weighted by Crippen LogP contribution is -2.41. The summed E-state index contributed by atoms with van der Waals surface area (Å²) < 4.78 is 5.21. The molecule has 0 atom stereocenters. The molecule has 7 heteroatoms. The molecule has 0 unspecified atom stereocenters. The normalized spacial score (nSPS) is 24.2. The molecule has 3 rings (SSSR count). The fraction of sp³-hybridized carbons (Fsp3) is 0.688. The molecule has 0 aliphatic heterocycles. The highest BCUT2D eigenvalue weighted by Gasteiger charge is 2.30. The lowest BCUT2D eigenvalue weighted by Gasteiger charge is -2.28. The zero-order chi connectivity index (χ0) is 16.2. The quantitative estimate of drug-likeness (QED) is 0.722. The molecule has 4 N–H and O–H groups in total. The summed E-state index contributed by atoms with van der Waals surface area (Å²) in [5.41, 5.74) is 5.74. The van der Waals surface area contributed by atoms with E-state index in [2.05, 4.69) is 15.8 Å². The third-order valence-corrected chi connectivity index (χ3v) is 4.62. The predicted molar refractivity (Wildman–Crippen MR) is 83.8 cm³/mol. The van der Waals surface area contributed by atoms with Gasteiger partial charge in [-0.05, 0) is 38.5 Å². The first-order chi connectivity index (χ1) is 11.2. The standard InChI is InChI=1S/C16H24N4O3/c17-7-8-18-15(21)11-3-5-12(6-4-11)19-16(22)13-9-14(23-20-13)10-1-2-10/h9-12H,1-8,17H2,(H,18,21)(H,19,22)/t11-,12-. The predicted octanol–water partition coefficient (Wildman–Crippen LogP) is 0.915. The van der Waals surface area contributed by atoms with Crippen molar-refractivity contribution in [2.24, 2.45) is 11.7 Å². The van der Waals surface area contributed by atoms with E-state index in [4.69, 9.17) is 10.3 Å². The number of rotatable bonds is 6. The number of carbonyl (C=O) groups is 2. The van der Waals surface area contributed by atoms with Crippen LogP contribution in [0.15, 0.2) is 10.6 Å². The van der Waals surface area contributed by atoms with E-state index < -0.39 is 0 Å². The largest absolute Gasteiger partial charge is 0.360 e. The van der Waals surface area contributed by atoms with Gasteiger partial charge in [0.25, 0.3) is 5.91 Å². The van der Waals surface area contributed by atoms with Crippen LogP contribution in [-0.4, -0.2) is 36.1 Å². The second-order valence-electron chi connectivity index (χ2n) is 6.49. The van der Waals surface area contributed by atoms with Crippen LogP contribution < -0.4 is 16.4 Å². The molecule has 0 radical (unpaired) electrons. The average molecular weight is 320 g/mol. The Balaban J connectivity index is 1.44. The monoisotopic (exact) mass is 320 g/mol. The maximum absolute atomic E-state index is 12.2. The molecule has 0 bridgehead atoms. The summed E-state index contributed by atoms with van der Waals surface area (Å²) in [7, 11) is 0. The van der Waals surface area contributed by atoms with Gasteiger partial charge in [-0.3, -0.25) is 9.59 Å². The van der Waals surface area contributed by atoms with Gasteiger partial charge in [0.05, 0.1) is 0 Å². The van der Waals surface area contributed by atoms with Crippen LogP contribution in [0.25, 0.3) is 0 Å². The molecule has 7 nitrogen and oxygen atoms in total. The van der Waals surface area contributed by atoms with E-state index >= 15 is 0 Å². The van der Waals surface area contributed by atoms with Crippen molar-refractivity contribution in [3.63, 3.8) is 0 Å². The van der Waals surface area contributed by atoms with Crippen LogP contribution in [0.3, 0.4) is 0 Å². The molecule has 126 valence electrons. The van der Waals surface area contributed by atoms with Gasteiger partial charge in [-0.2, -0.15) is 0 Å². The molecule has 23 heavy (non-hydrogen) atoms. The van der Waals surface area contributed by atoms with E-state index in [1.165, 1.54) is 0 Å². The molecular formula is C16H24N4O3. The minimum absolute atomic E-state index is 0.0308. The van der Waals surface area contributed by atoms with Crippen LogP contribution in [0.5, 0.6) is 0 Å². The van der Waals surface area contributed by atoms with Crippen molar-refractivity contribution < 1.29 is 14.1 Å². The van der Waals surface area contributed by atoms with E-state index in [0.29, 0.717) is 24.7 Å². The smallest absolute Gasteiger partial charge is 0.273 e. The fourth-order valence-corrected chi connectivity index (χ4v) is 3.06. The van der Waals surface area contributed by atoms with Crippen LogP contribution in [-0.2, 0) is 4.79 Å². The maximum Gasteiger partial charge on any atom is 0.273 e. The van der Waals surface area contributed by atoms with Crippen molar-refractivity contribution in [3.05, 3.63) is 17.5 Å². The van der Waals surface area contributed by atoms with Crippen molar-refractivity contribution in [1.82, 2.24) is 15.8 Å². The molecule has 0 saturated heterocycles. The summed E-state index contributed by atoms with van der Waals surface area (Å²) in [5, 5.41) is 9.68. The summed E-state index contributed by atoms with van der Waals surface area (Å²) in [6.45, 7) is 0.975. The third-order valence-electron chi connectivity index (χ3n) is 4.62. The number of nitrogens with two attached hydrogens (primary N) is 1. The second-order valence-corrected chi connectivity index (χ2v) is 6.49. The van der Waals surface area contributed by atoms with E-state index in [1.54, 1.807) is 6.07 Å². The summed E-state index contributed by atoms with van der Waals surface area (Å²) in [6.07, 6.45) is 5.42. The first-order valence-electron chi connectivity index (χ1n) is 8.42. The van der Waals surface area contributed by atoms with Gasteiger partial charge < -0.3 is 20.9 Å². The van der Waals surface area contributed by atoms with Crippen LogP contribution >= 0.6 is 0 Å². The number of amides is 2. The molecule has 1 aromatic heterocycles. The molecule has 0 spiro atoms. The molecule has 1 heterocycles. The third kappa shape index (κ3) is 4.10. The fourth-order valence-electron chi connectivity index (χ4n) is 3.06. The van der Waals surface area contributed by atoms with Gasteiger partial charge >= 0.3 is 0 Å². The van der Waals surface area contributed by atoms with Crippen molar-refractivity contribution in [2.45, 2.75) is 50.5 Å². The Hall–Kier alpha value is -1.89. The van der Waals surface area contributed by atoms with Crippen LogP contribution in [0.1, 0.15) is 60.7 Å². The van der Waals surface area contributed by atoms with E-state index in [1.807, 2.05) is 0 Å². The highest BCUT2D eigenvalue weighted by molar-refractivity contribution is 5.92. The number of aromatic nitrogens is 1. The molecule has 2 amide bonds. The molecule has 2 aliphatic rings. The number of hydrogen-bond donors (Lipinski definition) is 3. The van der Waals surface area contributed by atoms with E-state index in [-0.39, 0.29) is 23.8 Å². The van der Waals surface area contributed by atoms with Crippen LogP contribution in [0, 0.1) is 5.92 Å². The van der Waals surface area contributed by atoms with Crippen LogP contribution in [0.4, 0.5) is 0 Å². The number of hydrogen-bond acceptors (Lipinski definition) is 5. The number of nitrogens with zero attached hydrogens (tertiary/aromatic N) is 1. The first kappa shape index (κ1) is 16.0. The Kier molecular flexibility index (Phi) is 4.95. The van der Waals surface area contributed by atoms with Gasteiger partial charge in [0.15, 0.2) is 5.69 Å². The zero-order valence-electron chi connectivity index (χ0n) is 13.2. The molecule has 1 aromatic rings. The Labute approximate surface area is 135 Å². The van der Waals surface area contributed by atoms with Crippen LogP contribution in [0.2, 0.25) is 0 Å². The van der Waals surface area contributed by atoms with Gasteiger partial charge in [0.2, 0.25) is 5.91 Å². The summed E-state index contributed by atoms with van der Waals surface area (Å²) in [5.74, 6) is 1.19. The van der Waals surface area contributed by atoms with E-state index in [9.17, 15) is 9.59 Å². The Morgan fingerprint density at radius 3 is 2.61 bits per heavy atom. The zero-order valence-corrected chi connectivity index (χ0v) is 13.2. The van der Waals surface area contributed by atoms with Gasteiger partial charge in [0.1, 0.15) is 5.76 Å². The Morgan fingerprint density at radius 1 is 1.22 bits per heavy atom. The summed E-state index contributed by atoms with van der Waals surface area (Å²) in [4.78, 5) is 24.1. The summed E-state index contributed by atoms with van der Waals surface area (Å²) >= 11 is 0. The van der Waals surface area contributed by atoms with Crippen molar-refractivity contribution in [2.75, 3.05) is 13.1 Å². The Morgan fingerprint density at radius 2 is 1.96 bits per heavy atom. The highest BCUT2D eigenvalue weighted by Crippen LogP contribution is 2.40. The van der Waals surface area contributed by atoms with Crippen molar-refractivity contribution in [3.8, 4) is 0 Å². The van der Waals surface area contributed by atoms with Crippen molar-refractivity contribution in [1.29, 1.82) is 0 Å². The van der Waals surface area contributed by atoms with Gasteiger partial charge in [-0.1, -0.05) is 5.16 Å². The van der Waals surface area contributed by atoms with Crippen molar-refractivity contribution >= 4 is 11.8 Å². The molecule has 0 aromatic carbocycles. The van der Waals surface area contributed by atoms with Gasteiger partial charge in [-0.15, -0.1) is 0 Å². The minimum Gasteiger partial charge on any atom is -0.360 e. The number of carbonyl (C=O) groups excluding carboxylic acids is 2. The molecule has 2 aliphatic carbocycles. The maximum atomic E-state index is 12.2. The average Bonchev–Trinajstić information content (AvgIpc) is 3.30. The molecular weight excluding hydrogens is 296 g/mol. The summed E-state index contributed by atoms with van der Waals surface area (Å²) in [6, 6.07) is 1.85. The lowest BCUT2D eigenvalue weighted by atomic mass is 9.85. The molecule has 2 fully saturated rings. The second kappa shape index (κ2) is 7.12. The van der Waals surface area contributed by atoms with E-state index in [0.717, 1.165) is 44.3 Å². The highest BCUT2D eigenvalue weighted by atomic mass is 16.5. The van der Waals surface area contributed by atoms with Gasteiger partial charge in [0, 0.05) is 37.0 Å². The number of nitrogens with one attached hydrogen (secondary N) is 2. The topological polar surface area (TPSA) is 110 Å². The minimum atomic E-state index is -0.184. The molecule has 2 saturated carbocycles. The van der Waals surface area contributed by atoms with Gasteiger partial charge in [-0.25, -0.2) is 0 Å².